The molecular formula is C14H10F4N2O. The maximum Gasteiger partial charge on any atom is 0.416 e. The smallest absolute Gasteiger partial charge is 0.416 e. The molecule has 0 bridgehead atoms. The van der Waals surface area contributed by atoms with E-state index in [1.165, 1.54) is 24.3 Å². The van der Waals surface area contributed by atoms with Gasteiger partial charge in [-0.25, -0.2) is 4.39 Å². The topological polar surface area (TPSA) is 59.1 Å². The minimum Gasteiger partial charge on any atom is -0.456 e. The third kappa shape index (κ3) is 3.31. The highest BCUT2D eigenvalue weighted by molar-refractivity contribution is 5.98. The maximum absolute atomic E-state index is 13.6. The number of nitrogens with one attached hydrogen (secondary N) is 1. The number of ether oxygens (including phenoxy) is 1. The Morgan fingerprint density at radius 2 is 1.76 bits per heavy atom. The molecule has 0 saturated carbocycles. The van der Waals surface area contributed by atoms with Crippen LogP contribution >= 0.6 is 0 Å². The van der Waals surface area contributed by atoms with Crippen LogP contribution in [0.5, 0.6) is 11.5 Å². The Labute approximate surface area is 117 Å². The van der Waals surface area contributed by atoms with Crippen LogP contribution in [-0.4, -0.2) is 5.84 Å². The number of alkyl halides is 3. The van der Waals surface area contributed by atoms with E-state index in [-0.39, 0.29) is 17.1 Å². The van der Waals surface area contributed by atoms with Crippen LogP contribution in [-0.2, 0) is 6.18 Å². The second-order valence-electron chi connectivity index (χ2n) is 4.15. The average Bonchev–Trinajstić information content (AvgIpc) is 2.37. The summed E-state index contributed by atoms with van der Waals surface area (Å²) in [6, 6.07) is 7.86. The lowest BCUT2D eigenvalue weighted by molar-refractivity contribution is -0.137. The van der Waals surface area contributed by atoms with Crippen LogP contribution in [0, 0.1) is 11.2 Å². The molecule has 0 aliphatic heterocycles. The van der Waals surface area contributed by atoms with Gasteiger partial charge in [0.25, 0.3) is 0 Å². The van der Waals surface area contributed by atoms with Gasteiger partial charge in [-0.3, -0.25) is 5.41 Å². The summed E-state index contributed by atoms with van der Waals surface area (Å²) in [5.74, 6) is -1.61. The molecular weight excluding hydrogens is 288 g/mol. The largest absolute Gasteiger partial charge is 0.456 e. The minimum atomic E-state index is -4.51. The van der Waals surface area contributed by atoms with Gasteiger partial charge in [0, 0.05) is 0 Å². The normalized spacial score (nSPS) is 11.2. The molecule has 7 heteroatoms. The minimum absolute atomic E-state index is 0.123. The van der Waals surface area contributed by atoms with Gasteiger partial charge < -0.3 is 10.5 Å². The van der Waals surface area contributed by atoms with Crippen LogP contribution in [0.2, 0.25) is 0 Å². The zero-order chi connectivity index (χ0) is 15.6. The Hall–Kier alpha value is -2.57. The standard InChI is InChI=1S/C14H10F4N2O/c15-10-5-2-6-11(12(10)13(19)20)21-9-4-1-3-8(7-9)14(16,17)18/h1-7H,(H3,19,20). The molecule has 0 unspecified atom stereocenters. The molecule has 2 aromatic rings. The molecule has 0 spiro atoms. The van der Waals surface area contributed by atoms with E-state index in [2.05, 4.69) is 0 Å². The van der Waals surface area contributed by atoms with Gasteiger partial charge in [0.05, 0.1) is 11.1 Å². The Balaban J connectivity index is 2.40. The SMILES string of the molecule is N=C(N)c1c(F)cccc1Oc1cccc(C(F)(F)F)c1. The Morgan fingerprint density at radius 1 is 1.10 bits per heavy atom. The fourth-order valence-corrected chi connectivity index (χ4v) is 1.71. The number of nitrogen functional groups attached to an aromatic ring is 1. The van der Waals surface area contributed by atoms with Crippen molar-refractivity contribution in [3.8, 4) is 11.5 Å². The monoisotopic (exact) mass is 298 g/mol. The van der Waals surface area contributed by atoms with Gasteiger partial charge in [-0.2, -0.15) is 13.2 Å². The first-order chi connectivity index (χ1) is 9.79. The highest BCUT2D eigenvalue weighted by atomic mass is 19.4. The van der Waals surface area contributed by atoms with Crippen LogP contribution in [0.15, 0.2) is 42.5 Å². The summed E-state index contributed by atoms with van der Waals surface area (Å²) in [6.07, 6.45) is -4.51. The van der Waals surface area contributed by atoms with E-state index in [0.29, 0.717) is 0 Å². The number of benzene rings is 2. The fourth-order valence-electron chi connectivity index (χ4n) is 1.71. The van der Waals surface area contributed by atoms with Crippen LogP contribution in [0.25, 0.3) is 0 Å². The fraction of sp³-hybridized carbons (Fsp3) is 0.0714. The van der Waals surface area contributed by atoms with Crippen molar-refractivity contribution in [1.82, 2.24) is 0 Å². The van der Waals surface area contributed by atoms with Crippen molar-refractivity contribution in [2.24, 2.45) is 5.73 Å². The summed E-state index contributed by atoms with van der Waals surface area (Å²) in [7, 11) is 0. The quantitative estimate of drug-likeness (QED) is 0.512. The summed E-state index contributed by atoms with van der Waals surface area (Å²) < 4.78 is 56.6. The summed E-state index contributed by atoms with van der Waals surface area (Å²) in [6.45, 7) is 0. The van der Waals surface area contributed by atoms with Gasteiger partial charge in [0.1, 0.15) is 23.2 Å². The van der Waals surface area contributed by atoms with Gasteiger partial charge >= 0.3 is 6.18 Å². The molecule has 21 heavy (non-hydrogen) atoms. The zero-order valence-corrected chi connectivity index (χ0v) is 10.5. The molecule has 0 amide bonds. The van der Waals surface area contributed by atoms with Crippen molar-refractivity contribution in [2.45, 2.75) is 6.18 Å². The molecule has 3 nitrogen and oxygen atoms in total. The highest BCUT2D eigenvalue weighted by Gasteiger charge is 2.30. The van der Waals surface area contributed by atoms with E-state index >= 15 is 0 Å². The molecule has 3 N–H and O–H groups in total. The van der Waals surface area contributed by atoms with E-state index in [0.717, 1.165) is 18.2 Å². The zero-order valence-electron chi connectivity index (χ0n) is 10.5. The third-order valence-corrected chi connectivity index (χ3v) is 2.63. The third-order valence-electron chi connectivity index (χ3n) is 2.63. The first-order valence-corrected chi connectivity index (χ1v) is 5.77. The second kappa shape index (κ2) is 5.43. The van der Waals surface area contributed by atoms with E-state index in [9.17, 15) is 17.6 Å². The first-order valence-electron chi connectivity index (χ1n) is 5.77. The lowest BCUT2D eigenvalue weighted by atomic mass is 10.1. The highest BCUT2D eigenvalue weighted by Crippen LogP contribution is 2.33. The van der Waals surface area contributed by atoms with Crippen LogP contribution in [0.3, 0.4) is 0 Å². The van der Waals surface area contributed by atoms with Crippen LogP contribution in [0.1, 0.15) is 11.1 Å². The van der Waals surface area contributed by atoms with E-state index in [4.69, 9.17) is 15.9 Å². The molecule has 0 heterocycles. The van der Waals surface area contributed by atoms with Gasteiger partial charge in [-0.1, -0.05) is 12.1 Å². The molecule has 0 fully saturated rings. The molecule has 0 radical (unpaired) electrons. The number of amidine groups is 1. The summed E-state index contributed by atoms with van der Waals surface area (Å²) in [4.78, 5) is 0. The summed E-state index contributed by atoms with van der Waals surface area (Å²) in [5, 5.41) is 7.30. The lowest BCUT2D eigenvalue weighted by Crippen LogP contribution is -2.14. The number of hydrogen-bond acceptors (Lipinski definition) is 2. The number of halogens is 4. The Kier molecular flexibility index (Phi) is 3.84. The predicted molar refractivity (Wildman–Crippen MR) is 68.9 cm³/mol. The van der Waals surface area contributed by atoms with Gasteiger partial charge in [0.2, 0.25) is 0 Å². The molecule has 0 saturated heterocycles. The van der Waals surface area contributed by atoms with Gasteiger partial charge in [0.15, 0.2) is 0 Å². The molecule has 0 aromatic heterocycles. The number of nitrogens with two attached hydrogens (primary N) is 1. The molecule has 0 aliphatic carbocycles. The first kappa shape index (κ1) is 14.8. The Morgan fingerprint density at radius 3 is 2.38 bits per heavy atom. The van der Waals surface area contributed by atoms with Crippen molar-refractivity contribution < 1.29 is 22.3 Å². The molecule has 2 aromatic carbocycles. The van der Waals surface area contributed by atoms with Crippen molar-refractivity contribution in [3.63, 3.8) is 0 Å². The number of rotatable bonds is 3. The van der Waals surface area contributed by atoms with E-state index in [1.807, 2.05) is 0 Å². The lowest BCUT2D eigenvalue weighted by Gasteiger charge is -2.12. The van der Waals surface area contributed by atoms with Crippen LogP contribution < -0.4 is 10.5 Å². The summed E-state index contributed by atoms with van der Waals surface area (Å²) in [5.41, 5.74) is 4.07. The summed E-state index contributed by atoms with van der Waals surface area (Å²) >= 11 is 0. The predicted octanol–water partition coefficient (Wildman–Crippen LogP) is 3.92. The molecule has 0 aliphatic rings. The average molecular weight is 298 g/mol. The van der Waals surface area contributed by atoms with Crippen molar-refractivity contribution in [1.29, 1.82) is 5.41 Å². The van der Waals surface area contributed by atoms with Crippen molar-refractivity contribution in [2.75, 3.05) is 0 Å². The molecule has 0 atom stereocenters. The van der Waals surface area contributed by atoms with Crippen molar-refractivity contribution in [3.05, 3.63) is 59.4 Å². The van der Waals surface area contributed by atoms with Crippen LogP contribution in [0.4, 0.5) is 17.6 Å². The van der Waals surface area contributed by atoms with Gasteiger partial charge in [-0.15, -0.1) is 0 Å². The molecule has 110 valence electrons. The Bertz CT molecular complexity index is 683. The number of hydrogen-bond donors (Lipinski definition) is 2. The van der Waals surface area contributed by atoms with E-state index < -0.39 is 23.4 Å². The van der Waals surface area contributed by atoms with Crippen molar-refractivity contribution >= 4 is 5.84 Å². The maximum atomic E-state index is 13.6. The molecule has 2 rings (SSSR count). The van der Waals surface area contributed by atoms with E-state index in [1.54, 1.807) is 0 Å². The van der Waals surface area contributed by atoms with Gasteiger partial charge in [-0.05, 0) is 30.3 Å². The second-order valence-corrected chi connectivity index (χ2v) is 4.15.